The summed E-state index contributed by atoms with van der Waals surface area (Å²) in [6.45, 7) is 2.45. The fourth-order valence-corrected chi connectivity index (χ4v) is 2.17. The molecule has 24 heavy (non-hydrogen) atoms. The zero-order chi connectivity index (χ0) is 16.9. The summed E-state index contributed by atoms with van der Waals surface area (Å²) >= 11 is 0. The van der Waals surface area contributed by atoms with Gasteiger partial charge in [0.15, 0.2) is 0 Å². The standard InChI is InChI=1S/C16H16N6O2/c1-2-21(12-7-4-3-5-8-12)20-15(24)13-11-17-16(19-14(13)23)22-10-6-9-18-22/h3-11H,2H2,1H3,(H,20,24)(H,17,19,23). The van der Waals surface area contributed by atoms with Crippen LogP contribution in [0.2, 0.25) is 0 Å². The van der Waals surface area contributed by atoms with Crippen molar-refractivity contribution in [3.63, 3.8) is 0 Å². The summed E-state index contributed by atoms with van der Waals surface area (Å²) in [6, 6.07) is 11.1. The normalized spacial score (nSPS) is 10.4. The first-order valence-electron chi connectivity index (χ1n) is 7.42. The fraction of sp³-hybridized carbons (Fsp3) is 0.125. The minimum Gasteiger partial charge on any atom is -0.290 e. The summed E-state index contributed by atoms with van der Waals surface area (Å²) in [4.78, 5) is 31.2. The molecule has 122 valence electrons. The lowest BCUT2D eigenvalue weighted by Gasteiger charge is -2.23. The van der Waals surface area contributed by atoms with Gasteiger partial charge in [-0.1, -0.05) is 18.2 Å². The van der Waals surface area contributed by atoms with E-state index >= 15 is 0 Å². The number of carbonyl (C=O) groups is 1. The third-order valence-corrected chi connectivity index (χ3v) is 3.37. The molecule has 0 radical (unpaired) electrons. The number of nitrogens with zero attached hydrogens (tertiary/aromatic N) is 4. The first kappa shape index (κ1) is 15.5. The summed E-state index contributed by atoms with van der Waals surface area (Å²) in [5.41, 5.74) is 2.93. The van der Waals surface area contributed by atoms with Crippen LogP contribution in [-0.4, -0.2) is 32.2 Å². The molecule has 0 spiro atoms. The van der Waals surface area contributed by atoms with Crippen molar-refractivity contribution < 1.29 is 4.79 Å². The Hall–Kier alpha value is -3.42. The number of nitrogens with one attached hydrogen (secondary N) is 2. The van der Waals surface area contributed by atoms with E-state index in [1.165, 1.54) is 10.9 Å². The fourth-order valence-electron chi connectivity index (χ4n) is 2.17. The van der Waals surface area contributed by atoms with Crippen molar-refractivity contribution in [2.45, 2.75) is 6.92 Å². The summed E-state index contributed by atoms with van der Waals surface area (Å²) < 4.78 is 1.41. The van der Waals surface area contributed by atoms with Crippen molar-refractivity contribution in [3.05, 3.63) is 70.9 Å². The van der Waals surface area contributed by atoms with Crippen LogP contribution in [-0.2, 0) is 0 Å². The number of amides is 1. The molecule has 0 saturated heterocycles. The zero-order valence-corrected chi connectivity index (χ0v) is 13.0. The van der Waals surface area contributed by atoms with E-state index in [4.69, 9.17) is 0 Å². The Kier molecular flexibility index (Phi) is 4.37. The van der Waals surface area contributed by atoms with Gasteiger partial charge < -0.3 is 0 Å². The van der Waals surface area contributed by atoms with Gasteiger partial charge in [-0.25, -0.2) is 9.67 Å². The van der Waals surface area contributed by atoms with Gasteiger partial charge in [0, 0.05) is 25.1 Å². The molecule has 0 fully saturated rings. The molecule has 3 aromatic rings. The topological polar surface area (TPSA) is 95.9 Å². The minimum atomic E-state index is -0.530. The van der Waals surface area contributed by atoms with Crippen LogP contribution in [0.3, 0.4) is 0 Å². The van der Waals surface area contributed by atoms with Crippen LogP contribution in [0.4, 0.5) is 5.69 Å². The molecular formula is C16H16N6O2. The predicted molar refractivity (Wildman–Crippen MR) is 88.9 cm³/mol. The maximum Gasteiger partial charge on any atom is 0.276 e. The summed E-state index contributed by atoms with van der Waals surface area (Å²) in [5.74, 6) is -0.279. The number of carbonyl (C=O) groups excluding carboxylic acids is 1. The second-order valence-electron chi connectivity index (χ2n) is 4.92. The van der Waals surface area contributed by atoms with Crippen LogP contribution in [0.15, 0.2) is 59.8 Å². The van der Waals surface area contributed by atoms with Crippen LogP contribution in [0.5, 0.6) is 0 Å². The Bertz CT molecular complexity index is 873. The van der Waals surface area contributed by atoms with Crippen LogP contribution in [0.1, 0.15) is 17.3 Å². The van der Waals surface area contributed by atoms with Gasteiger partial charge in [-0.2, -0.15) is 5.10 Å². The number of aromatic nitrogens is 4. The van der Waals surface area contributed by atoms with Crippen molar-refractivity contribution in [2.24, 2.45) is 0 Å². The number of hydrogen-bond acceptors (Lipinski definition) is 5. The SMILES string of the molecule is CCN(NC(=O)c1cnc(-n2cccn2)[nH]c1=O)c1ccccc1. The number of benzene rings is 1. The number of hydrogen-bond donors (Lipinski definition) is 2. The maximum absolute atomic E-state index is 12.4. The molecule has 8 nitrogen and oxygen atoms in total. The maximum atomic E-state index is 12.4. The van der Waals surface area contributed by atoms with Crippen LogP contribution < -0.4 is 16.0 Å². The van der Waals surface area contributed by atoms with E-state index in [2.05, 4.69) is 20.5 Å². The molecule has 0 bridgehead atoms. The average Bonchev–Trinajstić information content (AvgIpc) is 3.14. The molecule has 8 heteroatoms. The Morgan fingerprint density at radius 2 is 2.08 bits per heavy atom. The lowest BCUT2D eigenvalue weighted by atomic mass is 10.3. The van der Waals surface area contributed by atoms with E-state index in [-0.39, 0.29) is 11.5 Å². The molecule has 1 aromatic carbocycles. The predicted octanol–water partition coefficient (Wildman–Crippen LogP) is 1.13. The van der Waals surface area contributed by atoms with Gasteiger partial charge in [-0.05, 0) is 25.1 Å². The minimum absolute atomic E-state index is 0.0692. The van der Waals surface area contributed by atoms with Gasteiger partial charge in [0.25, 0.3) is 11.5 Å². The monoisotopic (exact) mass is 324 g/mol. The molecule has 3 rings (SSSR count). The van der Waals surface area contributed by atoms with E-state index in [0.29, 0.717) is 6.54 Å². The van der Waals surface area contributed by atoms with E-state index in [9.17, 15) is 9.59 Å². The van der Waals surface area contributed by atoms with Crippen molar-refractivity contribution in [2.75, 3.05) is 11.6 Å². The molecule has 0 atom stereocenters. The molecular weight excluding hydrogens is 308 g/mol. The zero-order valence-electron chi connectivity index (χ0n) is 13.0. The molecule has 0 saturated carbocycles. The van der Waals surface area contributed by atoms with E-state index in [0.717, 1.165) is 5.69 Å². The molecule has 0 aliphatic rings. The quantitative estimate of drug-likeness (QED) is 0.686. The number of H-pyrrole nitrogens is 1. The average molecular weight is 324 g/mol. The highest BCUT2D eigenvalue weighted by molar-refractivity contribution is 5.94. The molecule has 1 amide bonds. The third kappa shape index (κ3) is 3.17. The Morgan fingerprint density at radius 3 is 2.71 bits per heavy atom. The molecule has 0 aliphatic carbocycles. The van der Waals surface area contributed by atoms with Crippen molar-refractivity contribution >= 4 is 11.6 Å². The van der Waals surface area contributed by atoms with Gasteiger partial charge in [-0.3, -0.25) is 25.0 Å². The molecule has 0 unspecified atom stereocenters. The Labute approximate surface area is 137 Å². The van der Waals surface area contributed by atoms with Gasteiger partial charge in [0.1, 0.15) is 5.56 Å². The number of aromatic amines is 1. The first-order valence-corrected chi connectivity index (χ1v) is 7.42. The summed E-state index contributed by atoms with van der Waals surface area (Å²) in [5, 5.41) is 5.63. The number of rotatable bonds is 5. The Balaban J connectivity index is 1.81. The van der Waals surface area contributed by atoms with Crippen molar-refractivity contribution in [3.8, 4) is 5.95 Å². The molecule has 0 aliphatic heterocycles. The van der Waals surface area contributed by atoms with Crippen LogP contribution in [0.25, 0.3) is 5.95 Å². The molecule has 2 heterocycles. The lowest BCUT2D eigenvalue weighted by molar-refractivity contribution is 0.0947. The number of hydrazine groups is 1. The van der Waals surface area contributed by atoms with Gasteiger partial charge in [0.05, 0.1) is 5.69 Å². The van der Waals surface area contributed by atoms with Crippen LogP contribution in [0, 0.1) is 0 Å². The Morgan fingerprint density at radius 1 is 1.29 bits per heavy atom. The molecule has 2 N–H and O–H groups in total. The van der Waals surface area contributed by atoms with Crippen molar-refractivity contribution in [1.29, 1.82) is 0 Å². The van der Waals surface area contributed by atoms with Gasteiger partial charge in [-0.15, -0.1) is 0 Å². The van der Waals surface area contributed by atoms with E-state index in [1.807, 2.05) is 37.3 Å². The van der Waals surface area contributed by atoms with Crippen molar-refractivity contribution in [1.82, 2.24) is 25.2 Å². The molecule has 2 aromatic heterocycles. The lowest BCUT2D eigenvalue weighted by Crippen LogP contribution is -2.44. The number of anilines is 1. The highest BCUT2D eigenvalue weighted by Gasteiger charge is 2.15. The highest BCUT2D eigenvalue weighted by Crippen LogP contribution is 2.10. The van der Waals surface area contributed by atoms with Gasteiger partial charge >= 0.3 is 0 Å². The van der Waals surface area contributed by atoms with Crippen LogP contribution >= 0.6 is 0 Å². The second kappa shape index (κ2) is 6.78. The smallest absolute Gasteiger partial charge is 0.276 e. The van der Waals surface area contributed by atoms with E-state index in [1.54, 1.807) is 23.5 Å². The highest BCUT2D eigenvalue weighted by atomic mass is 16.2. The summed E-state index contributed by atoms with van der Waals surface area (Å²) in [6.07, 6.45) is 4.45. The summed E-state index contributed by atoms with van der Waals surface area (Å²) in [7, 11) is 0. The first-order chi connectivity index (χ1) is 11.7. The number of para-hydroxylation sites is 1. The second-order valence-corrected chi connectivity index (χ2v) is 4.92. The van der Waals surface area contributed by atoms with Gasteiger partial charge in [0.2, 0.25) is 5.95 Å². The van der Waals surface area contributed by atoms with E-state index < -0.39 is 11.5 Å². The largest absolute Gasteiger partial charge is 0.290 e. The third-order valence-electron chi connectivity index (χ3n) is 3.37.